The Hall–Kier alpha value is -2.79. The minimum absolute atomic E-state index is 0.164. The molecule has 0 amide bonds. The van der Waals surface area contributed by atoms with Crippen LogP contribution in [0.25, 0.3) is 33.4 Å². The first-order valence-electron chi connectivity index (χ1n) is 10.4. The maximum Gasteiger partial charge on any atom is 0.180 e. The van der Waals surface area contributed by atoms with Gasteiger partial charge in [0.1, 0.15) is 0 Å². The van der Waals surface area contributed by atoms with Crippen molar-refractivity contribution in [3.8, 4) is 0 Å². The van der Waals surface area contributed by atoms with Gasteiger partial charge in [-0.2, -0.15) is 0 Å². The predicted octanol–water partition coefficient (Wildman–Crippen LogP) is 5.74. The summed E-state index contributed by atoms with van der Waals surface area (Å²) in [6.07, 6.45) is 7.95. The molecule has 2 aromatic carbocycles. The van der Waals surface area contributed by atoms with Crippen molar-refractivity contribution in [2.45, 2.75) is 6.42 Å². The van der Waals surface area contributed by atoms with E-state index in [1.165, 1.54) is 0 Å². The number of nitrogens with zero attached hydrogens (tertiary/aromatic N) is 6. The molecular formula is C23H18Br2ClN7O. The Morgan fingerprint density at radius 3 is 2.09 bits per heavy atom. The Kier molecular flexibility index (Phi) is 6.64. The summed E-state index contributed by atoms with van der Waals surface area (Å²) in [4.78, 5) is 17.4. The molecule has 0 bridgehead atoms. The first-order valence-corrected chi connectivity index (χ1v) is 12.4. The van der Waals surface area contributed by atoms with Crippen molar-refractivity contribution in [2.75, 3.05) is 18.5 Å². The number of imidazole rings is 2. The van der Waals surface area contributed by atoms with Crippen molar-refractivity contribution in [1.29, 1.82) is 0 Å². The van der Waals surface area contributed by atoms with E-state index >= 15 is 0 Å². The average molecular weight is 604 g/mol. The fourth-order valence-corrected chi connectivity index (χ4v) is 4.56. The summed E-state index contributed by atoms with van der Waals surface area (Å²) >= 11 is 12.9. The third-order valence-corrected chi connectivity index (χ3v) is 6.39. The number of fused-ring (bicyclic) bond motifs is 6. The second-order valence-electron chi connectivity index (χ2n) is 7.37. The molecule has 34 heavy (non-hydrogen) atoms. The minimum atomic E-state index is 0.164. The minimum Gasteiger partial charge on any atom is -0.396 e. The molecule has 0 unspecified atom stereocenters. The van der Waals surface area contributed by atoms with Crippen molar-refractivity contribution in [3.63, 3.8) is 0 Å². The standard InChI is InChI=1S/C13H13BrN4O.C10H5BrClN3/c14-9-2-3-11-10(8-9)17-12(15-4-1-7-19)13-16-5-6-18(11)13;11-6-1-2-8-7(5-6)14-9(12)10-13-3-4-15(8)10/h2-3,5-6,8,19H,1,4,7H2,(H,15,17);1-5H. The largest absolute Gasteiger partial charge is 0.396 e. The first kappa shape index (κ1) is 23.0. The molecule has 0 spiro atoms. The van der Waals surface area contributed by atoms with E-state index in [2.05, 4.69) is 57.1 Å². The summed E-state index contributed by atoms with van der Waals surface area (Å²) in [5.41, 5.74) is 5.24. The quantitative estimate of drug-likeness (QED) is 0.250. The predicted molar refractivity (Wildman–Crippen MR) is 142 cm³/mol. The summed E-state index contributed by atoms with van der Waals surface area (Å²) in [5.74, 6) is 0.740. The van der Waals surface area contributed by atoms with Crippen LogP contribution in [0.15, 0.2) is 70.1 Å². The van der Waals surface area contributed by atoms with Gasteiger partial charge in [-0.25, -0.2) is 19.9 Å². The van der Waals surface area contributed by atoms with Crippen LogP contribution in [0.2, 0.25) is 5.15 Å². The number of nitrogens with one attached hydrogen (secondary N) is 1. The molecule has 8 nitrogen and oxygen atoms in total. The van der Waals surface area contributed by atoms with Crippen molar-refractivity contribution in [2.24, 2.45) is 0 Å². The number of rotatable bonds is 4. The number of benzene rings is 2. The normalized spacial score (nSPS) is 11.3. The second kappa shape index (κ2) is 9.83. The lowest BCUT2D eigenvalue weighted by Gasteiger charge is -2.09. The Morgan fingerprint density at radius 2 is 1.44 bits per heavy atom. The lowest BCUT2D eigenvalue weighted by molar-refractivity contribution is 0.292. The molecule has 0 fully saturated rings. The zero-order valence-corrected chi connectivity index (χ0v) is 21.6. The topological polar surface area (TPSA) is 92.6 Å². The van der Waals surface area contributed by atoms with Crippen LogP contribution in [-0.2, 0) is 0 Å². The highest BCUT2D eigenvalue weighted by molar-refractivity contribution is 9.10. The highest BCUT2D eigenvalue weighted by Crippen LogP contribution is 2.24. The lowest BCUT2D eigenvalue weighted by atomic mass is 10.3. The van der Waals surface area contributed by atoms with Gasteiger partial charge in [0.25, 0.3) is 0 Å². The Balaban J connectivity index is 0.000000145. The van der Waals surface area contributed by atoms with Crippen LogP contribution in [0.1, 0.15) is 6.42 Å². The van der Waals surface area contributed by atoms with E-state index in [9.17, 15) is 0 Å². The Bertz CT molecular complexity index is 1630. The molecule has 0 radical (unpaired) electrons. The average Bonchev–Trinajstić information content (AvgIpc) is 3.50. The van der Waals surface area contributed by atoms with E-state index in [0.717, 1.165) is 42.5 Å². The van der Waals surface area contributed by atoms with E-state index in [1.54, 1.807) is 12.4 Å². The monoisotopic (exact) mass is 601 g/mol. The summed E-state index contributed by atoms with van der Waals surface area (Å²) < 4.78 is 5.92. The molecule has 6 rings (SSSR count). The van der Waals surface area contributed by atoms with Gasteiger partial charge < -0.3 is 10.4 Å². The lowest BCUT2D eigenvalue weighted by Crippen LogP contribution is -2.07. The van der Waals surface area contributed by atoms with E-state index in [0.29, 0.717) is 23.8 Å². The fraction of sp³-hybridized carbons (Fsp3) is 0.130. The van der Waals surface area contributed by atoms with Gasteiger partial charge in [-0.05, 0) is 42.8 Å². The Morgan fingerprint density at radius 1 is 0.853 bits per heavy atom. The summed E-state index contributed by atoms with van der Waals surface area (Å²) in [5, 5.41) is 12.5. The smallest absolute Gasteiger partial charge is 0.180 e. The highest BCUT2D eigenvalue weighted by Gasteiger charge is 2.09. The molecule has 0 saturated carbocycles. The van der Waals surface area contributed by atoms with Crippen LogP contribution in [-0.4, -0.2) is 47.0 Å². The van der Waals surface area contributed by atoms with Gasteiger partial charge in [0, 0.05) is 46.9 Å². The molecule has 6 aromatic rings. The molecule has 11 heteroatoms. The third-order valence-electron chi connectivity index (χ3n) is 5.15. The number of halogens is 3. The van der Waals surface area contributed by atoms with Crippen LogP contribution in [0, 0.1) is 0 Å². The van der Waals surface area contributed by atoms with Crippen LogP contribution in [0.4, 0.5) is 5.82 Å². The van der Waals surface area contributed by atoms with Crippen LogP contribution in [0.5, 0.6) is 0 Å². The zero-order chi connectivity index (χ0) is 23.7. The fourth-order valence-electron chi connectivity index (χ4n) is 3.63. The first-order chi connectivity index (χ1) is 16.5. The van der Waals surface area contributed by atoms with Crippen LogP contribution >= 0.6 is 43.5 Å². The molecule has 4 heterocycles. The molecule has 0 aliphatic rings. The van der Waals surface area contributed by atoms with Gasteiger partial charge in [0.15, 0.2) is 22.3 Å². The van der Waals surface area contributed by atoms with E-state index in [-0.39, 0.29) is 6.61 Å². The number of hydrogen-bond acceptors (Lipinski definition) is 6. The van der Waals surface area contributed by atoms with Gasteiger partial charge in [0.05, 0.1) is 22.1 Å². The SMILES string of the molecule is Clc1nc2cc(Br)ccc2n2ccnc12.OCCCNc1nc2cc(Br)ccc2n2ccnc12. The van der Waals surface area contributed by atoms with Gasteiger partial charge in [-0.1, -0.05) is 43.5 Å². The molecule has 0 saturated heterocycles. The molecular weight excluding hydrogens is 586 g/mol. The molecule has 0 aliphatic carbocycles. The zero-order valence-electron chi connectivity index (χ0n) is 17.7. The van der Waals surface area contributed by atoms with Crippen molar-refractivity contribution < 1.29 is 5.11 Å². The van der Waals surface area contributed by atoms with Crippen molar-refractivity contribution >= 4 is 82.6 Å². The number of aliphatic hydroxyl groups excluding tert-OH is 1. The van der Waals surface area contributed by atoms with Gasteiger partial charge in [-0.3, -0.25) is 8.80 Å². The third kappa shape index (κ3) is 4.46. The van der Waals surface area contributed by atoms with Gasteiger partial charge in [-0.15, -0.1) is 0 Å². The van der Waals surface area contributed by atoms with Crippen molar-refractivity contribution in [3.05, 3.63) is 75.3 Å². The van der Waals surface area contributed by atoms with E-state index in [1.807, 2.05) is 57.6 Å². The highest BCUT2D eigenvalue weighted by atomic mass is 79.9. The van der Waals surface area contributed by atoms with E-state index < -0.39 is 0 Å². The van der Waals surface area contributed by atoms with E-state index in [4.69, 9.17) is 16.7 Å². The van der Waals surface area contributed by atoms with Gasteiger partial charge >= 0.3 is 0 Å². The number of hydrogen-bond donors (Lipinski definition) is 2. The molecule has 2 N–H and O–H groups in total. The molecule has 4 aromatic heterocycles. The van der Waals surface area contributed by atoms with Gasteiger partial charge in [0.2, 0.25) is 0 Å². The maximum atomic E-state index is 8.84. The summed E-state index contributed by atoms with van der Waals surface area (Å²) in [6, 6.07) is 11.9. The molecule has 0 aliphatic heterocycles. The Labute approximate surface area is 215 Å². The summed E-state index contributed by atoms with van der Waals surface area (Å²) in [7, 11) is 0. The maximum absolute atomic E-state index is 8.84. The summed E-state index contributed by atoms with van der Waals surface area (Å²) in [6.45, 7) is 0.836. The van der Waals surface area contributed by atoms with Crippen LogP contribution in [0.3, 0.4) is 0 Å². The number of anilines is 1. The molecule has 0 atom stereocenters. The van der Waals surface area contributed by atoms with Crippen LogP contribution < -0.4 is 5.32 Å². The second-order valence-corrected chi connectivity index (χ2v) is 9.56. The van der Waals surface area contributed by atoms with Crippen molar-refractivity contribution in [1.82, 2.24) is 28.7 Å². The number of aliphatic hydroxyl groups is 1. The number of aromatic nitrogens is 6. The molecule has 172 valence electrons.